The van der Waals surface area contributed by atoms with Crippen molar-refractivity contribution in [1.82, 2.24) is 0 Å². The van der Waals surface area contributed by atoms with E-state index < -0.39 is 13.3 Å². The molecule has 5 heteroatoms. The Kier molecular flexibility index (Phi) is 2.50. The molecule has 0 aliphatic rings. The fourth-order valence-corrected chi connectivity index (χ4v) is 1.25. The highest BCUT2D eigenvalue weighted by atomic mass is 31.2. The normalized spacial score (nSPS) is 15.2. The lowest BCUT2D eigenvalue weighted by atomic mass is 10.3. The van der Waals surface area contributed by atoms with Crippen LogP contribution in [0.2, 0.25) is 0 Å². The van der Waals surface area contributed by atoms with E-state index in [1.807, 2.05) is 0 Å². The smallest absolute Gasteiger partial charge is 0.311 e. The fourth-order valence-electron chi connectivity index (χ4n) is 0.714. The van der Waals surface area contributed by atoms with Crippen LogP contribution in [0.5, 0.6) is 5.75 Å². The molecule has 1 aromatic carbocycles. The molecule has 0 fully saturated rings. The van der Waals surface area contributed by atoms with Crippen molar-refractivity contribution < 1.29 is 13.5 Å². The average molecular weight is 189 g/mol. The maximum atomic E-state index is 12.8. The monoisotopic (exact) mass is 189 g/mol. The molecule has 2 N–H and O–H groups in total. The van der Waals surface area contributed by atoms with Crippen LogP contribution < -0.4 is 10.0 Å². The van der Waals surface area contributed by atoms with E-state index in [-0.39, 0.29) is 5.75 Å². The second-order valence-corrected chi connectivity index (χ2v) is 4.43. The third-order valence-electron chi connectivity index (χ3n) is 1.12. The first-order valence-electron chi connectivity index (χ1n) is 3.29. The molecular weight excluding hydrogens is 180 g/mol. The third-order valence-corrected chi connectivity index (χ3v) is 1.68. The van der Waals surface area contributed by atoms with E-state index in [4.69, 9.17) is 10.0 Å². The summed E-state index contributed by atoms with van der Waals surface area (Å²) in [4.78, 5) is 0. The van der Waals surface area contributed by atoms with Gasteiger partial charge in [0.15, 0.2) is 11.6 Å². The Hall–Kier alpha value is -0.860. The zero-order valence-electron chi connectivity index (χ0n) is 6.53. The summed E-state index contributed by atoms with van der Waals surface area (Å²) in [5.41, 5.74) is 5.10. The standard InChI is InChI=1S/C7H9FNO2P/c1-12(9,10)11-7-5-3-2-4-6(7)8/h2-5H,1H3,(H2,9,10). The predicted molar refractivity (Wildman–Crippen MR) is 44.7 cm³/mol. The minimum atomic E-state index is -3.15. The molecule has 3 nitrogen and oxygen atoms in total. The number of benzene rings is 1. The van der Waals surface area contributed by atoms with Crippen molar-refractivity contribution in [2.24, 2.45) is 5.50 Å². The number of para-hydroxylation sites is 1. The van der Waals surface area contributed by atoms with E-state index in [1.165, 1.54) is 24.9 Å². The first-order chi connectivity index (χ1) is 5.49. The summed E-state index contributed by atoms with van der Waals surface area (Å²) in [6, 6.07) is 5.68. The van der Waals surface area contributed by atoms with Crippen LogP contribution in [0.4, 0.5) is 4.39 Å². The molecule has 12 heavy (non-hydrogen) atoms. The number of halogens is 1. The summed E-state index contributed by atoms with van der Waals surface area (Å²) in [5, 5.41) is 0. The largest absolute Gasteiger partial charge is 0.430 e. The van der Waals surface area contributed by atoms with E-state index in [2.05, 4.69) is 0 Å². The highest BCUT2D eigenvalue weighted by Gasteiger charge is 2.12. The van der Waals surface area contributed by atoms with Gasteiger partial charge in [0.05, 0.1) is 0 Å². The number of hydrogen-bond acceptors (Lipinski definition) is 2. The van der Waals surface area contributed by atoms with Gasteiger partial charge in [-0.1, -0.05) is 12.1 Å². The van der Waals surface area contributed by atoms with Gasteiger partial charge in [-0.3, -0.25) is 4.57 Å². The third kappa shape index (κ3) is 2.64. The lowest BCUT2D eigenvalue weighted by molar-refractivity contribution is 0.464. The van der Waals surface area contributed by atoms with Gasteiger partial charge < -0.3 is 4.52 Å². The van der Waals surface area contributed by atoms with E-state index >= 15 is 0 Å². The van der Waals surface area contributed by atoms with Crippen LogP contribution in [-0.4, -0.2) is 6.66 Å². The molecule has 0 aromatic heterocycles. The van der Waals surface area contributed by atoms with Crippen LogP contribution in [0.1, 0.15) is 0 Å². The molecule has 1 rings (SSSR count). The Morgan fingerprint density at radius 2 is 2.08 bits per heavy atom. The number of rotatable bonds is 2. The summed E-state index contributed by atoms with van der Waals surface area (Å²) >= 11 is 0. The van der Waals surface area contributed by atoms with Crippen molar-refractivity contribution in [2.75, 3.05) is 6.66 Å². The van der Waals surface area contributed by atoms with E-state index in [9.17, 15) is 8.96 Å². The highest BCUT2D eigenvalue weighted by Crippen LogP contribution is 2.35. The molecule has 0 saturated heterocycles. The molecule has 0 radical (unpaired) electrons. The molecule has 0 bridgehead atoms. The average Bonchev–Trinajstić information content (AvgIpc) is 1.91. The van der Waals surface area contributed by atoms with Gasteiger partial charge in [-0.2, -0.15) is 0 Å². The zero-order chi connectivity index (χ0) is 9.19. The van der Waals surface area contributed by atoms with Gasteiger partial charge in [0.25, 0.3) is 0 Å². The molecule has 1 atom stereocenters. The van der Waals surface area contributed by atoms with Crippen LogP contribution in [-0.2, 0) is 4.57 Å². The number of nitrogens with two attached hydrogens (primary N) is 1. The molecule has 0 saturated carbocycles. The van der Waals surface area contributed by atoms with E-state index in [1.54, 1.807) is 6.07 Å². The summed E-state index contributed by atoms with van der Waals surface area (Å²) in [7, 11) is -3.15. The Bertz CT molecular complexity index is 323. The van der Waals surface area contributed by atoms with E-state index in [0.717, 1.165) is 0 Å². The van der Waals surface area contributed by atoms with Gasteiger partial charge in [-0.05, 0) is 12.1 Å². The Morgan fingerprint density at radius 3 is 2.58 bits per heavy atom. The summed E-state index contributed by atoms with van der Waals surface area (Å²) in [5.74, 6) is -0.643. The van der Waals surface area contributed by atoms with Crippen molar-refractivity contribution in [1.29, 1.82) is 0 Å². The van der Waals surface area contributed by atoms with Gasteiger partial charge >= 0.3 is 7.52 Å². The molecule has 66 valence electrons. The SMILES string of the molecule is CP(N)(=O)Oc1ccccc1F. The highest BCUT2D eigenvalue weighted by molar-refractivity contribution is 7.56. The first kappa shape index (κ1) is 9.23. The van der Waals surface area contributed by atoms with Crippen molar-refractivity contribution in [3.05, 3.63) is 30.1 Å². The Morgan fingerprint density at radius 1 is 1.50 bits per heavy atom. The predicted octanol–water partition coefficient (Wildman–Crippen LogP) is 1.99. The second-order valence-electron chi connectivity index (χ2n) is 2.43. The molecular formula is C7H9FNO2P. The van der Waals surface area contributed by atoms with Gasteiger partial charge in [0, 0.05) is 6.66 Å². The number of hydrogen-bond donors (Lipinski definition) is 1. The quantitative estimate of drug-likeness (QED) is 0.723. The molecule has 0 heterocycles. The van der Waals surface area contributed by atoms with Crippen LogP contribution in [0.25, 0.3) is 0 Å². The fraction of sp³-hybridized carbons (Fsp3) is 0.143. The summed E-state index contributed by atoms with van der Waals surface area (Å²) in [6.07, 6.45) is 0. The zero-order valence-corrected chi connectivity index (χ0v) is 7.42. The maximum absolute atomic E-state index is 12.8. The first-order valence-corrected chi connectivity index (χ1v) is 5.43. The maximum Gasteiger partial charge on any atom is 0.311 e. The van der Waals surface area contributed by atoms with Gasteiger partial charge in [-0.15, -0.1) is 0 Å². The van der Waals surface area contributed by atoms with Gasteiger partial charge in [0.1, 0.15) is 0 Å². The van der Waals surface area contributed by atoms with E-state index in [0.29, 0.717) is 0 Å². The molecule has 0 aliphatic heterocycles. The Labute approximate surface area is 69.8 Å². The Balaban J connectivity index is 2.90. The minimum Gasteiger partial charge on any atom is -0.430 e. The van der Waals surface area contributed by atoms with Gasteiger partial charge in [-0.25, -0.2) is 9.89 Å². The summed E-state index contributed by atoms with van der Waals surface area (Å²) < 4.78 is 28.4. The molecule has 1 aromatic rings. The molecule has 1 unspecified atom stereocenters. The van der Waals surface area contributed by atoms with Crippen LogP contribution in [0.15, 0.2) is 24.3 Å². The molecule has 0 spiro atoms. The topological polar surface area (TPSA) is 52.3 Å². The van der Waals surface area contributed by atoms with Crippen LogP contribution in [0.3, 0.4) is 0 Å². The lowest BCUT2D eigenvalue weighted by Gasteiger charge is -2.09. The minimum absolute atomic E-state index is 0.0779. The van der Waals surface area contributed by atoms with Crippen molar-refractivity contribution in [3.63, 3.8) is 0 Å². The lowest BCUT2D eigenvalue weighted by Crippen LogP contribution is -2.01. The molecule has 0 amide bonds. The second kappa shape index (κ2) is 3.25. The molecule has 0 aliphatic carbocycles. The van der Waals surface area contributed by atoms with Crippen LogP contribution >= 0.6 is 7.52 Å². The summed E-state index contributed by atoms with van der Waals surface area (Å²) in [6.45, 7) is 1.22. The van der Waals surface area contributed by atoms with Crippen molar-refractivity contribution >= 4 is 7.52 Å². The van der Waals surface area contributed by atoms with Gasteiger partial charge in [0.2, 0.25) is 0 Å². The van der Waals surface area contributed by atoms with Crippen molar-refractivity contribution in [3.8, 4) is 5.75 Å². The van der Waals surface area contributed by atoms with Crippen LogP contribution in [0, 0.1) is 5.82 Å². The van der Waals surface area contributed by atoms with Crippen molar-refractivity contribution in [2.45, 2.75) is 0 Å².